The molecule has 0 aromatic heterocycles. The van der Waals surface area contributed by atoms with Gasteiger partial charge in [-0.15, -0.1) is 0 Å². The summed E-state index contributed by atoms with van der Waals surface area (Å²) in [6, 6.07) is 43.9. The van der Waals surface area contributed by atoms with E-state index in [4.69, 9.17) is 0 Å². The van der Waals surface area contributed by atoms with E-state index in [2.05, 4.69) is 157 Å². The average molecular weight is 737 g/mol. The summed E-state index contributed by atoms with van der Waals surface area (Å²) in [5.41, 5.74) is 14.5. The van der Waals surface area contributed by atoms with Gasteiger partial charge in [-0.25, -0.2) is 0 Å². The number of hydrogen-bond donors (Lipinski definition) is 0. The van der Waals surface area contributed by atoms with Crippen LogP contribution in [0.15, 0.2) is 126 Å². The molecule has 1 heterocycles. The van der Waals surface area contributed by atoms with Crippen LogP contribution in [0.5, 0.6) is 0 Å². The van der Waals surface area contributed by atoms with Crippen molar-refractivity contribution in [3.05, 3.63) is 159 Å². The first-order chi connectivity index (χ1) is 20.8. The topological polar surface area (TPSA) is 0 Å². The van der Waals surface area contributed by atoms with Crippen LogP contribution in [-0.4, -0.2) is 8.07 Å². The van der Waals surface area contributed by atoms with Crippen molar-refractivity contribution in [3.63, 3.8) is 0 Å². The molecule has 2 atom stereocenters. The van der Waals surface area contributed by atoms with Crippen LogP contribution in [0, 0.1) is 13.8 Å². The Kier molecular flexibility index (Phi) is 6.23. The fourth-order valence-electron chi connectivity index (χ4n) is 8.93. The molecular weight excluding hydrogens is 699 g/mol. The number of rotatable bonds is 3. The second-order valence-corrected chi connectivity index (χ2v) is 34.8. The zero-order chi connectivity index (χ0) is 29.5. The number of benzene rings is 5. The molecule has 0 amide bonds. The molecule has 0 N–H and O–H groups in total. The van der Waals surface area contributed by atoms with Crippen molar-refractivity contribution in [3.8, 4) is 22.3 Å². The Balaban J connectivity index is 1.42. The van der Waals surface area contributed by atoms with Crippen LogP contribution in [-0.2, 0) is 20.0 Å². The van der Waals surface area contributed by atoms with Crippen molar-refractivity contribution < 1.29 is 20.0 Å². The molecule has 1 aliphatic heterocycles. The molecule has 1 saturated heterocycles. The normalized spacial score (nSPS) is 22.6. The van der Waals surface area contributed by atoms with Gasteiger partial charge in [-0.3, -0.25) is 0 Å². The molecule has 0 saturated carbocycles. The van der Waals surface area contributed by atoms with Crippen LogP contribution in [0.2, 0.25) is 15.9 Å². The molecule has 0 radical (unpaired) electrons. The molecule has 5 aromatic rings. The van der Waals surface area contributed by atoms with Gasteiger partial charge in [0.1, 0.15) is 0 Å². The summed E-state index contributed by atoms with van der Waals surface area (Å²) >= 11 is -3.13. The van der Waals surface area contributed by atoms with Gasteiger partial charge in [0, 0.05) is 0 Å². The van der Waals surface area contributed by atoms with Crippen LogP contribution in [0.25, 0.3) is 34.4 Å². The van der Waals surface area contributed by atoms with Crippen LogP contribution < -0.4 is 5.19 Å². The van der Waals surface area contributed by atoms with Gasteiger partial charge in [0.15, 0.2) is 0 Å². The van der Waals surface area contributed by atoms with Crippen molar-refractivity contribution >= 4 is 25.4 Å². The molecule has 8 rings (SSSR count). The van der Waals surface area contributed by atoms with E-state index in [1.807, 2.05) is 0 Å². The molecular formula is C41H38HfSi. The average Bonchev–Trinajstić information content (AvgIpc) is 3.63. The van der Waals surface area contributed by atoms with Crippen LogP contribution >= 0.6 is 0 Å². The van der Waals surface area contributed by atoms with Crippen molar-refractivity contribution in [1.82, 2.24) is 0 Å². The molecule has 0 bridgehead atoms. The molecule has 43 heavy (non-hydrogen) atoms. The molecule has 0 spiro atoms. The third kappa shape index (κ3) is 3.82. The monoisotopic (exact) mass is 738 g/mol. The van der Waals surface area contributed by atoms with Gasteiger partial charge < -0.3 is 0 Å². The molecule has 1 fully saturated rings. The first-order valence-corrected chi connectivity index (χ1v) is 29.5. The summed E-state index contributed by atoms with van der Waals surface area (Å²) in [6.45, 7) is 7.20. The number of hydrogen-bond acceptors (Lipinski definition) is 0. The second kappa shape index (κ2) is 9.84. The third-order valence-corrected chi connectivity index (χ3v) is 32.9. The summed E-state index contributed by atoms with van der Waals surface area (Å²) in [7, 11) is -2.25. The first-order valence-electron chi connectivity index (χ1n) is 15.7. The third-order valence-electron chi connectivity index (χ3n) is 11.0. The molecule has 210 valence electrons. The fourth-order valence-corrected chi connectivity index (χ4v) is 40.6. The van der Waals surface area contributed by atoms with E-state index in [0.29, 0.717) is 7.35 Å². The van der Waals surface area contributed by atoms with Gasteiger partial charge in [0.05, 0.1) is 0 Å². The van der Waals surface area contributed by atoms with E-state index in [1.165, 1.54) is 44.5 Å². The number of aryl methyl sites for hydroxylation is 2. The zero-order valence-corrected chi connectivity index (χ0v) is 30.4. The van der Waals surface area contributed by atoms with Crippen molar-refractivity contribution in [2.45, 2.75) is 37.1 Å². The Hall–Kier alpha value is -3.33. The van der Waals surface area contributed by atoms with E-state index >= 15 is 0 Å². The van der Waals surface area contributed by atoms with Crippen molar-refractivity contribution in [2.24, 2.45) is 0 Å². The predicted molar refractivity (Wildman–Crippen MR) is 184 cm³/mol. The Morgan fingerprint density at radius 1 is 0.488 bits per heavy atom. The Morgan fingerprint density at radius 3 is 1.37 bits per heavy atom. The Morgan fingerprint density at radius 2 is 0.907 bits per heavy atom. The minimum atomic E-state index is -3.13. The van der Waals surface area contributed by atoms with Gasteiger partial charge >= 0.3 is 264 Å². The minimum absolute atomic E-state index is 0.596. The maximum atomic E-state index is 2.77. The Bertz CT molecular complexity index is 1870. The second-order valence-electron chi connectivity index (χ2n) is 13.6. The SMILES string of the molecule is Cc1ccccc1-c1cccc2c1C=C1[CH]2[Hf]([CH3])([CH3])[CH]2C(=Cc3c(-c4ccccc4C)cccc32)[Si]1(C)c1ccccc1. The summed E-state index contributed by atoms with van der Waals surface area (Å²) in [4.78, 5) is 0. The van der Waals surface area contributed by atoms with Crippen LogP contribution in [0.3, 0.4) is 0 Å². The van der Waals surface area contributed by atoms with E-state index in [1.54, 1.807) is 26.7 Å². The quantitative estimate of drug-likeness (QED) is 0.162. The number of fused-ring (bicyclic) bond motifs is 6. The van der Waals surface area contributed by atoms with Crippen molar-refractivity contribution in [1.29, 1.82) is 0 Å². The summed E-state index contributed by atoms with van der Waals surface area (Å²) in [5, 5.41) is 5.10. The molecule has 3 aliphatic rings. The molecule has 2 aliphatic carbocycles. The van der Waals surface area contributed by atoms with E-state index in [-0.39, 0.29) is 0 Å². The molecule has 2 unspecified atom stereocenters. The molecule has 5 aromatic carbocycles. The Labute approximate surface area is 262 Å². The number of allylic oxidation sites excluding steroid dienone is 2. The zero-order valence-electron chi connectivity index (χ0n) is 25.8. The standard InChI is InChI=1S/C39H32Si.2CH3.Hf/c1-27-13-7-9-19-34(27)36-21-11-15-29-23-32(25-38(29)36)40(3,31-17-5-4-6-18-31)33-24-30-16-12-22-37(39(30)26-33)35-20-10-8-14-28(35)2;;;/h4-26H,1-3H3;2*1H3;. The summed E-state index contributed by atoms with van der Waals surface area (Å²) < 4.78 is 6.74. The summed E-state index contributed by atoms with van der Waals surface area (Å²) in [5.74, 6) is 0. The van der Waals surface area contributed by atoms with Gasteiger partial charge in [-0.05, 0) is 0 Å². The van der Waals surface area contributed by atoms with Crippen LogP contribution in [0.4, 0.5) is 0 Å². The molecule has 0 nitrogen and oxygen atoms in total. The van der Waals surface area contributed by atoms with Gasteiger partial charge in [-0.1, -0.05) is 0 Å². The maximum absolute atomic E-state index is 3.13. The van der Waals surface area contributed by atoms with Crippen LogP contribution in [0.1, 0.15) is 40.7 Å². The fraction of sp³-hybridized carbons (Fsp3) is 0.171. The van der Waals surface area contributed by atoms with E-state index in [0.717, 1.165) is 0 Å². The van der Waals surface area contributed by atoms with E-state index < -0.39 is 28.0 Å². The van der Waals surface area contributed by atoms with Gasteiger partial charge in [0.2, 0.25) is 0 Å². The predicted octanol–water partition coefficient (Wildman–Crippen LogP) is 10.5. The molecule has 2 heteroatoms. The van der Waals surface area contributed by atoms with Gasteiger partial charge in [-0.2, -0.15) is 0 Å². The van der Waals surface area contributed by atoms with Gasteiger partial charge in [0.25, 0.3) is 0 Å². The van der Waals surface area contributed by atoms with Crippen molar-refractivity contribution in [2.75, 3.05) is 0 Å². The summed E-state index contributed by atoms with van der Waals surface area (Å²) in [6.07, 6.45) is 5.40. The van der Waals surface area contributed by atoms with E-state index in [9.17, 15) is 0 Å². The first kappa shape index (κ1) is 27.2.